The van der Waals surface area contributed by atoms with Gasteiger partial charge in [0, 0.05) is 46.7 Å². The maximum Gasteiger partial charge on any atom is 0.127 e. The summed E-state index contributed by atoms with van der Waals surface area (Å²) in [6.07, 6.45) is 0. The fraction of sp³-hybridized carbons (Fsp3) is 0.600. The van der Waals surface area contributed by atoms with Crippen LogP contribution in [-0.2, 0) is 0 Å². The van der Waals surface area contributed by atoms with E-state index in [1.165, 1.54) is 22.8 Å². The van der Waals surface area contributed by atoms with Crippen LogP contribution in [0, 0.1) is 0 Å². The monoisotopic (exact) mass is 313 g/mol. The number of benzene rings is 1. The van der Waals surface area contributed by atoms with Crippen molar-refractivity contribution in [3.05, 3.63) is 23.8 Å². The number of hydrogen-bond donors (Lipinski definition) is 1. The Kier molecular flexibility index (Phi) is 6.39. The van der Waals surface area contributed by atoms with Gasteiger partial charge in [-0.1, -0.05) is 6.07 Å². The van der Waals surface area contributed by atoms with E-state index in [0.717, 1.165) is 23.3 Å². The van der Waals surface area contributed by atoms with Gasteiger partial charge in [-0.25, -0.2) is 0 Å². The Morgan fingerprint density at radius 2 is 2.15 bits per heavy atom. The average Bonchev–Trinajstić information content (AvgIpc) is 2.52. The summed E-state index contributed by atoms with van der Waals surface area (Å²) in [5.41, 5.74) is 1.18. The summed E-state index contributed by atoms with van der Waals surface area (Å²) < 4.78 is 10.7. The van der Waals surface area contributed by atoms with Crippen molar-refractivity contribution < 1.29 is 9.47 Å². The molecule has 1 aliphatic rings. The second kappa shape index (κ2) is 8.05. The highest BCUT2D eigenvalue weighted by atomic mass is 32.2. The molecule has 0 aliphatic carbocycles. The quantitative estimate of drug-likeness (QED) is 0.871. The van der Waals surface area contributed by atoms with Crippen LogP contribution >= 0.6 is 23.5 Å². The standard InChI is InChI=1S/C15H23NO2S2/c1-11(16-9-13-10-19-6-7-20-13)14-5-4-12(17-2)8-15(14)18-3/h4-5,8,11,13,16H,6-7,9-10H2,1-3H3. The van der Waals surface area contributed by atoms with Crippen molar-refractivity contribution in [2.75, 3.05) is 38.0 Å². The number of methoxy groups -OCH3 is 2. The Balaban J connectivity index is 1.95. The molecule has 1 aromatic carbocycles. The van der Waals surface area contributed by atoms with Crippen LogP contribution in [0.4, 0.5) is 0 Å². The van der Waals surface area contributed by atoms with E-state index in [0.29, 0.717) is 0 Å². The molecule has 112 valence electrons. The van der Waals surface area contributed by atoms with Crippen molar-refractivity contribution in [2.45, 2.75) is 18.2 Å². The normalized spacial score (nSPS) is 20.4. The third-order valence-electron chi connectivity index (χ3n) is 3.44. The second-order valence-electron chi connectivity index (χ2n) is 4.81. The first kappa shape index (κ1) is 15.9. The summed E-state index contributed by atoms with van der Waals surface area (Å²) in [6.45, 7) is 3.24. The molecule has 0 radical (unpaired) electrons. The van der Waals surface area contributed by atoms with Gasteiger partial charge in [0.25, 0.3) is 0 Å². The zero-order chi connectivity index (χ0) is 14.4. The Morgan fingerprint density at radius 1 is 1.30 bits per heavy atom. The summed E-state index contributed by atoms with van der Waals surface area (Å²) in [5, 5.41) is 4.35. The minimum absolute atomic E-state index is 0.281. The summed E-state index contributed by atoms with van der Waals surface area (Å²) in [7, 11) is 3.38. The van der Waals surface area contributed by atoms with Crippen LogP contribution in [0.1, 0.15) is 18.5 Å². The predicted octanol–water partition coefficient (Wildman–Crippen LogP) is 3.20. The molecule has 2 unspecified atom stereocenters. The van der Waals surface area contributed by atoms with Gasteiger partial charge in [0.2, 0.25) is 0 Å². The molecular weight excluding hydrogens is 290 g/mol. The fourth-order valence-electron chi connectivity index (χ4n) is 2.25. The lowest BCUT2D eigenvalue weighted by Crippen LogP contribution is -2.31. The predicted molar refractivity (Wildman–Crippen MR) is 89.5 cm³/mol. The Hall–Kier alpha value is -0.520. The van der Waals surface area contributed by atoms with Crippen molar-refractivity contribution in [3.8, 4) is 11.5 Å². The number of rotatable bonds is 6. The lowest BCUT2D eigenvalue weighted by molar-refractivity contribution is 0.386. The molecular formula is C15H23NO2S2. The van der Waals surface area contributed by atoms with Gasteiger partial charge < -0.3 is 14.8 Å². The summed E-state index contributed by atoms with van der Waals surface area (Å²) in [6, 6.07) is 6.29. The molecule has 1 heterocycles. The number of hydrogen-bond acceptors (Lipinski definition) is 5. The average molecular weight is 313 g/mol. The zero-order valence-electron chi connectivity index (χ0n) is 12.3. The summed E-state index contributed by atoms with van der Waals surface area (Å²) in [5.74, 6) is 5.54. The van der Waals surface area contributed by atoms with Gasteiger partial charge in [0.1, 0.15) is 11.5 Å². The smallest absolute Gasteiger partial charge is 0.127 e. The van der Waals surface area contributed by atoms with Gasteiger partial charge in [-0.3, -0.25) is 0 Å². The molecule has 0 aromatic heterocycles. The molecule has 2 rings (SSSR count). The summed E-state index contributed by atoms with van der Waals surface area (Å²) >= 11 is 4.14. The van der Waals surface area contributed by atoms with Crippen LogP contribution < -0.4 is 14.8 Å². The van der Waals surface area contributed by atoms with Gasteiger partial charge in [0.15, 0.2) is 0 Å². The first-order valence-electron chi connectivity index (χ1n) is 6.89. The molecule has 20 heavy (non-hydrogen) atoms. The highest BCUT2D eigenvalue weighted by molar-refractivity contribution is 8.06. The van der Waals surface area contributed by atoms with Crippen molar-refractivity contribution in [3.63, 3.8) is 0 Å². The van der Waals surface area contributed by atoms with E-state index in [2.05, 4.69) is 41.8 Å². The first-order chi connectivity index (χ1) is 9.74. The van der Waals surface area contributed by atoms with Gasteiger partial charge in [-0.15, -0.1) is 0 Å². The number of ether oxygens (including phenoxy) is 2. The van der Waals surface area contributed by atoms with Crippen molar-refractivity contribution in [1.82, 2.24) is 5.32 Å². The van der Waals surface area contributed by atoms with E-state index < -0.39 is 0 Å². The largest absolute Gasteiger partial charge is 0.497 e. The highest BCUT2D eigenvalue weighted by Gasteiger charge is 2.17. The molecule has 1 fully saturated rings. The SMILES string of the molecule is COc1ccc(C(C)NCC2CSCCS2)c(OC)c1. The van der Waals surface area contributed by atoms with Crippen LogP contribution in [-0.4, -0.2) is 43.3 Å². The van der Waals surface area contributed by atoms with Gasteiger partial charge in [0.05, 0.1) is 14.2 Å². The van der Waals surface area contributed by atoms with E-state index in [4.69, 9.17) is 9.47 Å². The molecule has 0 amide bonds. The van der Waals surface area contributed by atoms with E-state index in [9.17, 15) is 0 Å². The van der Waals surface area contributed by atoms with E-state index in [1.807, 2.05) is 12.1 Å². The van der Waals surface area contributed by atoms with Crippen molar-refractivity contribution in [2.24, 2.45) is 0 Å². The van der Waals surface area contributed by atoms with E-state index in [-0.39, 0.29) is 6.04 Å². The van der Waals surface area contributed by atoms with Crippen LogP contribution in [0.2, 0.25) is 0 Å². The van der Waals surface area contributed by atoms with E-state index >= 15 is 0 Å². The van der Waals surface area contributed by atoms with Crippen LogP contribution in [0.5, 0.6) is 11.5 Å². The molecule has 1 saturated heterocycles. The van der Waals surface area contributed by atoms with Gasteiger partial charge >= 0.3 is 0 Å². The van der Waals surface area contributed by atoms with Gasteiger partial charge in [-0.2, -0.15) is 23.5 Å². The third-order valence-corrected chi connectivity index (χ3v) is 6.29. The molecule has 2 atom stereocenters. The molecule has 1 N–H and O–H groups in total. The number of thioether (sulfide) groups is 2. The number of nitrogens with one attached hydrogen (secondary N) is 1. The van der Waals surface area contributed by atoms with Crippen LogP contribution in [0.3, 0.4) is 0 Å². The minimum Gasteiger partial charge on any atom is -0.497 e. The highest BCUT2D eigenvalue weighted by Crippen LogP contribution is 2.30. The topological polar surface area (TPSA) is 30.5 Å². The van der Waals surface area contributed by atoms with Crippen LogP contribution in [0.25, 0.3) is 0 Å². The second-order valence-corrected chi connectivity index (χ2v) is 7.36. The molecule has 1 aromatic rings. The minimum atomic E-state index is 0.281. The van der Waals surface area contributed by atoms with Gasteiger partial charge in [-0.05, 0) is 13.0 Å². The van der Waals surface area contributed by atoms with Crippen molar-refractivity contribution >= 4 is 23.5 Å². The maximum absolute atomic E-state index is 5.47. The first-order valence-corrected chi connectivity index (χ1v) is 9.09. The molecule has 0 bridgehead atoms. The fourth-order valence-corrected chi connectivity index (χ4v) is 4.87. The van der Waals surface area contributed by atoms with Crippen LogP contribution in [0.15, 0.2) is 18.2 Å². The zero-order valence-corrected chi connectivity index (χ0v) is 14.0. The molecule has 0 spiro atoms. The third kappa shape index (κ3) is 4.24. The molecule has 0 saturated carbocycles. The molecule has 5 heteroatoms. The lowest BCUT2D eigenvalue weighted by Gasteiger charge is -2.24. The lowest BCUT2D eigenvalue weighted by atomic mass is 10.1. The van der Waals surface area contributed by atoms with Crippen molar-refractivity contribution in [1.29, 1.82) is 0 Å². The Labute approximate surface area is 130 Å². The molecule has 3 nitrogen and oxygen atoms in total. The van der Waals surface area contributed by atoms with E-state index in [1.54, 1.807) is 14.2 Å². The summed E-state index contributed by atoms with van der Waals surface area (Å²) in [4.78, 5) is 0. The Bertz CT molecular complexity index is 422. The Morgan fingerprint density at radius 3 is 2.80 bits per heavy atom. The molecule has 1 aliphatic heterocycles. The maximum atomic E-state index is 5.47.